The van der Waals surface area contributed by atoms with Gasteiger partial charge in [0.05, 0.1) is 6.17 Å². The van der Waals surface area contributed by atoms with Gasteiger partial charge in [0.15, 0.2) is 5.41 Å². The average molecular weight is 334 g/mol. The number of rotatable bonds is 4. The number of carboxylic acid groups (broad SMARTS) is 1. The van der Waals surface area contributed by atoms with Crippen molar-refractivity contribution in [3.63, 3.8) is 0 Å². The molecule has 3 N–H and O–H groups in total. The van der Waals surface area contributed by atoms with Crippen LogP contribution in [0.2, 0.25) is 0 Å². The van der Waals surface area contributed by atoms with E-state index >= 15 is 0 Å². The van der Waals surface area contributed by atoms with Gasteiger partial charge in [0.25, 0.3) is 0 Å². The zero-order valence-electron chi connectivity index (χ0n) is 14.5. The third kappa shape index (κ3) is 3.76. The number of esters is 1. The quantitative estimate of drug-likeness (QED) is 0.646. The number of piperidine rings is 1. The van der Waals surface area contributed by atoms with Crippen LogP contribution in [0.3, 0.4) is 0 Å². The summed E-state index contributed by atoms with van der Waals surface area (Å²) in [5.74, 6) is -1.98. The third-order valence-corrected chi connectivity index (χ3v) is 4.29. The second-order valence-electron chi connectivity index (χ2n) is 7.28. The first-order valence-corrected chi connectivity index (χ1v) is 8.17. The number of carbonyl (C=O) groups is 2. The van der Waals surface area contributed by atoms with Gasteiger partial charge >= 0.3 is 11.9 Å². The Balaban J connectivity index is 2.27. The summed E-state index contributed by atoms with van der Waals surface area (Å²) >= 11 is 0. The highest BCUT2D eigenvalue weighted by atomic mass is 16.6. The zero-order valence-corrected chi connectivity index (χ0v) is 14.5. The van der Waals surface area contributed by atoms with Gasteiger partial charge in [-0.2, -0.15) is 0 Å². The van der Waals surface area contributed by atoms with E-state index in [1.807, 2.05) is 35.2 Å². The molecule has 0 unspecified atom stereocenters. The second-order valence-corrected chi connectivity index (χ2v) is 7.28. The summed E-state index contributed by atoms with van der Waals surface area (Å²) in [5, 5.41) is 9.80. The average Bonchev–Trinajstić information content (AvgIpc) is 2.48. The number of carbonyl (C=O) groups excluding carboxylic acids is 1. The fourth-order valence-corrected chi connectivity index (χ4v) is 3.07. The van der Waals surface area contributed by atoms with Crippen LogP contribution in [0, 0.1) is 5.41 Å². The summed E-state index contributed by atoms with van der Waals surface area (Å²) < 4.78 is 5.38. The maximum atomic E-state index is 12.7. The molecule has 0 aromatic heterocycles. The predicted octanol–water partition coefficient (Wildman–Crippen LogP) is 1.98. The Kier molecular flexibility index (Phi) is 5.30. The van der Waals surface area contributed by atoms with E-state index < -0.39 is 29.1 Å². The number of benzene rings is 1. The molecular weight excluding hydrogens is 308 g/mol. The lowest BCUT2D eigenvalue weighted by Gasteiger charge is -2.44. The van der Waals surface area contributed by atoms with Crippen molar-refractivity contribution in [2.75, 3.05) is 6.54 Å². The van der Waals surface area contributed by atoms with E-state index in [2.05, 4.69) is 0 Å². The molecule has 0 saturated carbocycles. The van der Waals surface area contributed by atoms with Crippen molar-refractivity contribution in [3.05, 3.63) is 35.9 Å². The molecule has 2 atom stereocenters. The smallest absolute Gasteiger partial charge is 0.327 e. The normalized spacial score (nSPS) is 25.2. The molecule has 1 aromatic rings. The van der Waals surface area contributed by atoms with Crippen LogP contribution in [0.5, 0.6) is 0 Å². The standard InChI is InChI=1S/C18H26N2O4/c1-17(2,3)24-16(23)18(15(21)22)10-7-11-20(14(18)19)12-13-8-5-4-6-9-13/h4-6,8-9,14H,7,10-12,19H2,1-3H3,(H,21,22)/t14-,18-/m1/s1. The first kappa shape index (κ1) is 18.4. The lowest BCUT2D eigenvalue weighted by molar-refractivity contribution is -0.186. The molecule has 1 aromatic carbocycles. The maximum Gasteiger partial charge on any atom is 0.327 e. The van der Waals surface area contributed by atoms with Crippen LogP contribution in [0.15, 0.2) is 30.3 Å². The van der Waals surface area contributed by atoms with Crippen LogP contribution in [0.4, 0.5) is 0 Å². The molecule has 6 nitrogen and oxygen atoms in total. The third-order valence-electron chi connectivity index (χ3n) is 4.29. The van der Waals surface area contributed by atoms with E-state index in [1.54, 1.807) is 20.8 Å². The van der Waals surface area contributed by atoms with Crippen molar-refractivity contribution in [2.45, 2.75) is 51.9 Å². The van der Waals surface area contributed by atoms with Crippen molar-refractivity contribution in [3.8, 4) is 0 Å². The van der Waals surface area contributed by atoms with E-state index in [0.29, 0.717) is 19.5 Å². The molecule has 1 aliphatic heterocycles. The van der Waals surface area contributed by atoms with Crippen molar-refractivity contribution in [2.24, 2.45) is 11.1 Å². The van der Waals surface area contributed by atoms with E-state index in [0.717, 1.165) is 5.56 Å². The van der Waals surface area contributed by atoms with Gasteiger partial charge in [-0.25, -0.2) is 0 Å². The van der Waals surface area contributed by atoms with Gasteiger partial charge in [-0.3, -0.25) is 14.5 Å². The highest BCUT2D eigenvalue weighted by molar-refractivity contribution is 6.00. The van der Waals surface area contributed by atoms with Gasteiger partial charge < -0.3 is 15.6 Å². The minimum Gasteiger partial charge on any atom is -0.480 e. The fraction of sp³-hybridized carbons (Fsp3) is 0.556. The number of aliphatic carboxylic acids is 1. The maximum absolute atomic E-state index is 12.7. The van der Waals surface area contributed by atoms with E-state index in [9.17, 15) is 14.7 Å². The van der Waals surface area contributed by atoms with Gasteiger partial charge in [0.1, 0.15) is 5.60 Å². The first-order chi connectivity index (χ1) is 11.2. The van der Waals surface area contributed by atoms with Crippen LogP contribution in [-0.4, -0.2) is 40.3 Å². The van der Waals surface area contributed by atoms with Gasteiger partial charge in [-0.05, 0) is 39.2 Å². The lowest BCUT2D eigenvalue weighted by Crippen LogP contribution is -2.64. The molecule has 24 heavy (non-hydrogen) atoms. The molecule has 0 aliphatic carbocycles. The van der Waals surface area contributed by atoms with Crippen molar-refractivity contribution >= 4 is 11.9 Å². The lowest BCUT2D eigenvalue weighted by atomic mass is 9.76. The Labute approximate surface area is 142 Å². The van der Waals surface area contributed by atoms with Gasteiger partial charge in [0.2, 0.25) is 0 Å². The van der Waals surface area contributed by atoms with Crippen molar-refractivity contribution in [1.82, 2.24) is 4.90 Å². The Bertz CT molecular complexity index is 597. The van der Waals surface area contributed by atoms with Gasteiger partial charge in [0, 0.05) is 13.1 Å². The molecule has 132 valence electrons. The SMILES string of the molecule is CC(C)(C)OC(=O)[C@]1(C(=O)O)CCCN(Cc2ccccc2)[C@H]1N. The molecule has 0 radical (unpaired) electrons. The monoisotopic (exact) mass is 334 g/mol. The largest absolute Gasteiger partial charge is 0.480 e. The molecule has 0 amide bonds. The highest BCUT2D eigenvalue weighted by Crippen LogP contribution is 2.37. The minimum atomic E-state index is -1.74. The number of nitrogens with two attached hydrogens (primary N) is 1. The molecule has 1 fully saturated rings. The molecule has 0 bridgehead atoms. The summed E-state index contributed by atoms with van der Waals surface area (Å²) in [4.78, 5) is 26.5. The summed E-state index contributed by atoms with van der Waals surface area (Å²) in [6, 6.07) is 9.67. The van der Waals surface area contributed by atoms with Gasteiger partial charge in [-0.15, -0.1) is 0 Å². The Morgan fingerprint density at radius 2 is 1.96 bits per heavy atom. The van der Waals surface area contributed by atoms with Crippen LogP contribution in [0.25, 0.3) is 0 Å². The number of hydrogen-bond acceptors (Lipinski definition) is 5. The summed E-state index contributed by atoms with van der Waals surface area (Å²) in [7, 11) is 0. The fourth-order valence-electron chi connectivity index (χ4n) is 3.07. The van der Waals surface area contributed by atoms with Gasteiger partial charge in [-0.1, -0.05) is 30.3 Å². The Morgan fingerprint density at radius 1 is 1.33 bits per heavy atom. The minimum absolute atomic E-state index is 0.184. The Morgan fingerprint density at radius 3 is 2.50 bits per heavy atom. The van der Waals surface area contributed by atoms with Crippen LogP contribution < -0.4 is 5.73 Å². The number of ether oxygens (including phenoxy) is 1. The van der Waals surface area contributed by atoms with E-state index in [4.69, 9.17) is 10.5 Å². The predicted molar refractivity (Wildman–Crippen MR) is 90.0 cm³/mol. The molecule has 2 rings (SSSR count). The van der Waals surface area contributed by atoms with E-state index in [-0.39, 0.29) is 6.42 Å². The summed E-state index contributed by atoms with van der Waals surface area (Å²) in [6.45, 7) is 6.30. The summed E-state index contributed by atoms with van der Waals surface area (Å²) in [6.07, 6.45) is -0.172. The van der Waals surface area contributed by atoms with Crippen LogP contribution in [-0.2, 0) is 20.9 Å². The Hall–Kier alpha value is -1.92. The van der Waals surface area contributed by atoms with Crippen molar-refractivity contribution < 1.29 is 19.4 Å². The van der Waals surface area contributed by atoms with E-state index in [1.165, 1.54) is 0 Å². The molecular formula is C18H26N2O4. The number of hydrogen-bond donors (Lipinski definition) is 2. The van der Waals surface area contributed by atoms with Crippen LogP contribution in [0.1, 0.15) is 39.2 Å². The van der Waals surface area contributed by atoms with Crippen LogP contribution >= 0.6 is 0 Å². The summed E-state index contributed by atoms with van der Waals surface area (Å²) in [5.41, 5.74) is 4.80. The zero-order chi connectivity index (χ0) is 18.0. The number of likely N-dealkylation sites (tertiary alicyclic amines) is 1. The topological polar surface area (TPSA) is 92.9 Å². The number of carboxylic acids is 1. The highest BCUT2D eigenvalue weighted by Gasteiger charge is 2.57. The number of nitrogens with zero attached hydrogens (tertiary/aromatic N) is 1. The molecule has 0 spiro atoms. The molecule has 1 heterocycles. The molecule has 1 saturated heterocycles. The molecule has 6 heteroatoms. The second kappa shape index (κ2) is 6.91. The van der Waals surface area contributed by atoms with Crippen molar-refractivity contribution in [1.29, 1.82) is 0 Å². The first-order valence-electron chi connectivity index (χ1n) is 8.17. The molecule has 1 aliphatic rings.